The summed E-state index contributed by atoms with van der Waals surface area (Å²) in [5.74, 6) is 0.607. The van der Waals surface area contributed by atoms with Crippen LogP contribution < -0.4 is 10.5 Å². The Hall–Kier alpha value is -1.91. The highest BCUT2D eigenvalue weighted by Crippen LogP contribution is 2.30. The summed E-state index contributed by atoms with van der Waals surface area (Å²) in [6.45, 7) is 1.69. The standard InChI is InChI=1S/C15H16FNO2/c1-10(17)15-13(16)3-2-4-14(15)19-12-7-5-11(9-18)6-8-12/h2-8,10,18H,9,17H2,1H3/t10-/m1/s1. The van der Waals surface area contributed by atoms with Gasteiger partial charge >= 0.3 is 0 Å². The van der Waals surface area contributed by atoms with E-state index in [0.717, 1.165) is 5.56 Å². The fraction of sp³-hybridized carbons (Fsp3) is 0.200. The number of nitrogens with two attached hydrogens (primary N) is 1. The van der Waals surface area contributed by atoms with E-state index in [9.17, 15) is 4.39 Å². The molecule has 0 heterocycles. The minimum absolute atomic E-state index is 0.0225. The molecular formula is C15H16FNO2. The van der Waals surface area contributed by atoms with Crippen LogP contribution in [0.5, 0.6) is 11.5 Å². The second-order valence-electron chi connectivity index (χ2n) is 4.34. The number of aliphatic hydroxyl groups is 1. The molecule has 2 aromatic carbocycles. The van der Waals surface area contributed by atoms with Crippen LogP contribution >= 0.6 is 0 Å². The van der Waals surface area contributed by atoms with Gasteiger partial charge in [-0.2, -0.15) is 0 Å². The van der Waals surface area contributed by atoms with E-state index in [2.05, 4.69) is 0 Å². The highest BCUT2D eigenvalue weighted by Gasteiger charge is 2.14. The highest BCUT2D eigenvalue weighted by molar-refractivity contribution is 5.40. The molecule has 0 spiro atoms. The van der Waals surface area contributed by atoms with Crippen molar-refractivity contribution in [2.24, 2.45) is 5.73 Å². The van der Waals surface area contributed by atoms with E-state index in [1.165, 1.54) is 6.07 Å². The molecule has 100 valence electrons. The molecule has 0 aliphatic carbocycles. The molecule has 3 nitrogen and oxygen atoms in total. The van der Waals surface area contributed by atoms with E-state index < -0.39 is 6.04 Å². The molecule has 0 aliphatic heterocycles. The summed E-state index contributed by atoms with van der Waals surface area (Å²) in [5, 5.41) is 8.96. The smallest absolute Gasteiger partial charge is 0.135 e. The van der Waals surface area contributed by atoms with Gasteiger partial charge in [-0.25, -0.2) is 4.39 Å². The molecule has 0 saturated heterocycles. The van der Waals surface area contributed by atoms with Gasteiger partial charge < -0.3 is 15.6 Å². The maximum atomic E-state index is 13.7. The minimum atomic E-state index is -0.451. The first kappa shape index (κ1) is 13.5. The lowest BCUT2D eigenvalue weighted by Crippen LogP contribution is -2.09. The third-order valence-electron chi connectivity index (χ3n) is 2.80. The molecular weight excluding hydrogens is 245 g/mol. The first-order valence-electron chi connectivity index (χ1n) is 6.03. The fourth-order valence-corrected chi connectivity index (χ4v) is 1.84. The first-order chi connectivity index (χ1) is 9.11. The van der Waals surface area contributed by atoms with E-state index in [1.54, 1.807) is 43.3 Å². The average Bonchev–Trinajstić information content (AvgIpc) is 2.39. The number of hydrogen-bond acceptors (Lipinski definition) is 3. The van der Waals surface area contributed by atoms with Crippen molar-refractivity contribution in [3.63, 3.8) is 0 Å². The molecule has 2 aromatic rings. The van der Waals surface area contributed by atoms with Gasteiger partial charge in [-0.3, -0.25) is 0 Å². The predicted molar refractivity (Wildman–Crippen MR) is 71.4 cm³/mol. The van der Waals surface area contributed by atoms with Gasteiger partial charge in [-0.15, -0.1) is 0 Å². The second kappa shape index (κ2) is 5.82. The van der Waals surface area contributed by atoms with Crippen molar-refractivity contribution in [2.75, 3.05) is 0 Å². The number of rotatable bonds is 4. The Morgan fingerprint density at radius 3 is 2.47 bits per heavy atom. The molecule has 0 amide bonds. The van der Waals surface area contributed by atoms with Crippen LogP contribution in [0.4, 0.5) is 4.39 Å². The SMILES string of the molecule is C[C@@H](N)c1c(F)cccc1Oc1ccc(CO)cc1. The normalized spacial score (nSPS) is 12.2. The molecule has 1 atom stereocenters. The summed E-state index contributed by atoms with van der Waals surface area (Å²) in [6, 6.07) is 11.1. The van der Waals surface area contributed by atoms with Crippen LogP contribution in [0.3, 0.4) is 0 Å². The average molecular weight is 261 g/mol. The van der Waals surface area contributed by atoms with Gasteiger partial charge in [-0.1, -0.05) is 18.2 Å². The Balaban J connectivity index is 2.29. The van der Waals surface area contributed by atoms with Crippen molar-refractivity contribution in [3.8, 4) is 11.5 Å². The first-order valence-corrected chi connectivity index (χ1v) is 6.03. The monoisotopic (exact) mass is 261 g/mol. The molecule has 0 aromatic heterocycles. The van der Waals surface area contributed by atoms with Gasteiger partial charge in [0, 0.05) is 11.6 Å². The highest BCUT2D eigenvalue weighted by atomic mass is 19.1. The minimum Gasteiger partial charge on any atom is -0.457 e. The van der Waals surface area contributed by atoms with Gasteiger partial charge in [-0.05, 0) is 36.8 Å². The van der Waals surface area contributed by atoms with E-state index in [-0.39, 0.29) is 12.4 Å². The largest absolute Gasteiger partial charge is 0.457 e. The summed E-state index contributed by atoms with van der Waals surface area (Å²) in [4.78, 5) is 0. The Bertz CT molecular complexity index is 553. The lowest BCUT2D eigenvalue weighted by atomic mass is 10.1. The van der Waals surface area contributed by atoms with Crippen LogP contribution in [0.2, 0.25) is 0 Å². The Labute approximate surface area is 111 Å². The van der Waals surface area contributed by atoms with E-state index in [1.807, 2.05) is 0 Å². The Morgan fingerprint density at radius 2 is 1.89 bits per heavy atom. The predicted octanol–water partition coefficient (Wildman–Crippen LogP) is 3.13. The summed E-state index contributed by atoms with van der Waals surface area (Å²) in [5.41, 5.74) is 6.91. The second-order valence-corrected chi connectivity index (χ2v) is 4.34. The topological polar surface area (TPSA) is 55.5 Å². The quantitative estimate of drug-likeness (QED) is 0.889. The molecule has 2 rings (SSSR count). The molecule has 0 bridgehead atoms. The van der Waals surface area contributed by atoms with Gasteiger partial charge in [0.25, 0.3) is 0 Å². The fourth-order valence-electron chi connectivity index (χ4n) is 1.84. The lowest BCUT2D eigenvalue weighted by molar-refractivity contribution is 0.281. The zero-order valence-corrected chi connectivity index (χ0v) is 10.6. The van der Waals surface area contributed by atoms with Crippen LogP contribution in [-0.4, -0.2) is 5.11 Å². The molecule has 0 aliphatic rings. The number of hydrogen-bond donors (Lipinski definition) is 2. The van der Waals surface area contributed by atoms with Crippen LogP contribution in [0.15, 0.2) is 42.5 Å². The Kier molecular flexibility index (Phi) is 4.14. The zero-order valence-electron chi connectivity index (χ0n) is 10.6. The van der Waals surface area contributed by atoms with Crippen LogP contribution in [-0.2, 0) is 6.61 Å². The summed E-state index contributed by atoms with van der Waals surface area (Å²) >= 11 is 0. The van der Waals surface area contributed by atoms with E-state index in [4.69, 9.17) is 15.6 Å². The molecule has 3 N–H and O–H groups in total. The number of ether oxygens (including phenoxy) is 1. The summed E-state index contributed by atoms with van der Waals surface area (Å²) < 4.78 is 19.4. The third-order valence-corrected chi connectivity index (χ3v) is 2.80. The van der Waals surface area contributed by atoms with Crippen molar-refractivity contribution >= 4 is 0 Å². The van der Waals surface area contributed by atoms with Crippen molar-refractivity contribution in [1.29, 1.82) is 0 Å². The maximum absolute atomic E-state index is 13.7. The molecule has 19 heavy (non-hydrogen) atoms. The molecule has 4 heteroatoms. The summed E-state index contributed by atoms with van der Waals surface area (Å²) in [7, 11) is 0. The van der Waals surface area contributed by atoms with Gasteiger partial charge in [0.15, 0.2) is 0 Å². The van der Waals surface area contributed by atoms with Crippen LogP contribution in [0.25, 0.3) is 0 Å². The van der Waals surface area contributed by atoms with Gasteiger partial charge in [0.2, 0.25) is 0 Å². The summed E-state index contributed by atoms with van der Waals surface area (Å²) in [6.07, 6.45) is 0. The van der Waals surface area contributed by atoms with Crippen molar-refractivity contribution in [2.45, 2.75) is 19.6 Å². The van der Waals surface area contributed by atoms with Crippen molar-refractivity contribution in [3.05, 3.63) is 59.4 Å². The van der Waals surface area contributed by atoms with Crippen molar-refractivity contribution < 1.29 is 14.2 Å². The number of benzene rings is 2. The van der Waals surface area contributed by atoms with Crippen LogP contribution in [0, 0.1) is 5.82 Å². The molecule has 0 saturated carbocycles. The van der Waals surface area contributed by atoms with Gasteiger partial charge in [0.1, 0.15) is 17.3 Å². The number of aliphatic hydroxyl groups excluding tert-OH is 1. The zero-order chi connectivity index (χ0) is 13.8. The van der Waals surface area contributed by atoms with Crippen LogP contribution in [0.1, 0.15) is 24.1 Å². The molecule has 0 unspecified atom stereocenters. The molecule has 0 fully saturated rings. The van der Waals surface area contributed by atoms with Gasteiger partial charge in [0.05, 0.1) is 6.61 Å². The Morgan fingerprint density at radius 1 is 1.21 bits per heavy atom. The van der Waals surface area contributed by atoms with E-state index in [0.29, 0.717) is 17.1 Å². The third kappa shape index (κ3) is 3.10. The number of halogens is 1. The van der Waals surface area contributed by atoms with E-state index >= 15 is 0 Å². The van der Waals surface area contributed by atoms with Crippen molar-refractivity contribution in [1.82, 2.24) is 0 Å². The maximum Gasteiger partial charge on any atom is 0.135 e. The lowest BCUT2D eigenvalue weighted by Gasteiger charge is -2.14. The molecule has 0 radical (unpaired) electrons.